The molecule has 1 saturated carbocycles. The van der Waals surface area contributed by atoms with Crippen LogP contribution in [0.3, 0.4) is 0 Å². The molecular weight excluding hydrogens is 504 g/mol. The Bertz CT molecular complexity index is 1680. The minimum Gasteiger partial charge on any atom is -0.457 e. The number of likely N-dealkylation sites (tertiary alicyclic amines) is 1. The predicted molar refractivity (Wildman–Crippen MR) is 152 cm³/mol. The van der Waals surface area contributed by atoms with E-state index >= 15 is 0 Å². The van der Waals surface area contributed by atoms with Crippen molar-refractivity contribution < 1.29 is 9.53 Å². The van der Waals surface area contributed by atoms with Crippen molar-refractivity contribution in [2.24, 2.45) is 5.92 Å². The lowest BCUT2D eigenvalue weighted by atomic mass is 9.84. The van der Waals surface area contributed by atoms with Crippen LogP contribution in [0.25, 0.3) is 16.7 Å². The number of fused-ring (bicyclic) bond motifs is 1. The molecule has 1 atom stereocenters. The SMILES string of the molecule is N#C/C(=C/C1CCC1)C(=O)N1CCC[C@@H](n2c(=O)n(-c3ccc(Oc4ccccc4)cc3)c3c(N)nccc32)C1. The molecule has 2 fully saturated rings. The molecule has 4 aromatic rings. The molecule has 3 heterocycles. The van der Waals surface area contributed by atoms with Gasteiger partial charge in [-0.05, 0) is 74.1 Å². The van der Waals surface area contributed by atoms with Gasteiger partial charge in [-0.25, -0.2) is 9.78 Å². The minimum atomic E-state index is -0.264. The Morgan fingerprint density at radius 2 is 1.77 bits per heavy atom. The molecule has 0 spiro atoms. The number of ether oxygens (including phenoxy) is 1. The standard InChI is InChI=1S/C31H30N6O3/c32-19-22(18-21-6-4-7-21)30(38)35-17-5-8-24(20-35)36-27-15-16-34-29(33)28(27)37(31(36)39)23-11-13-26(14-12-23)40-25-9-2-1-3-10-25/h1-3,9-16,18,21,24H,4-8,17,20H2,(H2,33,34)/b22-18-/t24-/m1/s1. The van der Waals surface area contributed by atoms with E-state index in [9.17, 15) is 14.9 Å². The highest BCUT2D eigenvalue weighted by Gasteiger charge is 2.31. The second kappa shape index (κ2) is 10.7. The van der Waals surface area contributed by atoms with Gasteiger partial charge in [0.2, 0.25) is 0 Å². The number of amides is 1. The van der Waals surface area contributed by atoms with Gasteiger partial charge in [0.25, 0.3) is 5.91 Å². The lowest BCUT2D eigenvalue weighted by molar-refractivity contribution is -0.128. The van der Waals surface area contributed by atoms with Gasteiger partial charge in [0.1, 0.15) is 34.5 Å². The third-order valence-electron chi connectivity index (χ3n) is 7.84. The van der Waals surface area contributed by atoms with Crippen LogP contribution in [0.15, 0.2) is 83.3 Å². The molecule has 0 unspecified atom stereocenters. The summed E-state index contributed by atoms with van der Waals surface area (Å²) in [6.45, 7) is 0.895. The van der Waals surface area contributed by atoms with Gasteiger partial charge in [-0.1, -0.05) is 30.7 Å². The molecule has 0 radical (unpaired) electrons. The zero-order chi connectivity index (χ0) is 27.6. The number of carbonyl (C=O) groups excluding carboxylic acids is 1. The molecular formula is C31H30N6O3. The molecule has 2 aromatic carbocycles. The number of aromatic nitrogens is 3. The lowest BCUT2D eigenvalue weighted by Crippen LogP contribution is -2.43. The number of allylic oxidation sites excluding steroid dienone is 1. The number of nitriles is 1. The van der Waals surface area contributed by atoms with Crippen molar-refractivity contribution in [3.05, 3.63) is 89.0 Å². The maximum Gasteiger partial charge on any atom is 0.334 e. The van der Waals surface area contributed by atoms with Crippen LogP contribution in [0, 0.1) is 17.2 Å². The second-order valence-electron chi connectivity index (χ2n) is 10.4. The Balaban J connectivity index is 1.33. The van der Waals surface area contributed by atoms with Crippen molar-refractivity contribution in [3.63, 3.8) is 0 Å². The molecule has 2 aliphatic rings. The number of carbonyl (C=O) groups is 1. The Morgan fingerprint density at radius 1 is 1.02 bits per heavy atom. The maximum atomic E-state index is 14.0. The fraction of sp³-hybridized carbons (Fsp3) is 0.290. The molecule has 202 valence electrons. The highest BCUT2D eigenvalue weighted by molar-refractivity contribution is 5.97. The van der Waals surface area contributed by atoms with Crippen molar-refractivity contribution in [2.45, 2.75) is 38.1 Å². The zero-order valence-corrected chi connectivity index (χ0v) is 22.1. The summed E-state index contributed by atoms with van der Waals surface area (Å²) >= 11 is 0. The average molecular weight is 535 g/mol. The predicted octanol–water partition coefficient (Wildman–Crippen LogP) is 4.98. The van der Waals surface area contributed by atoms with Crippen LogP contribution >= 0.6 is 0 Å². The van der Waals surface area contributed by atoms with Gasteiger partial charge in [-0.15, -0.1) is 0 Å². The van der Waals surface area contributed by atoms with Crippen molar-refractivity contribution >= 4 is 22.8 Å². The number of hydrogen-bond donors (Lipinski definition) is 1. The fourth-order valence-corrected chi connectivity index (χ4v) is 5.59. The summed E-state index contributed by atoms with van der Waals surface area (Å²) in [6, 6.07) is 20.4. The van der Waals surface area contributed by atoms with Crippen LogP contribution in [0.4, 0.5) is 5.82 Å². The summed E-state index contributed by atoms with van der Waals surface area (Å²) < 4.78 is 9.21. The van der Waals surface area contributed by atoms with Crippen molar-refractivity contribution in [2.75, 3.05) is 18.8 Å². The summed E-state index contributed by atoms with van der Waals surface area (Å²) in [5.74, 6) is 1.65. The van der Waals surface area contributed by atoms with Crippen LogP contribution in [0.2, 0.25) is 0 Å². The first kappa shape index (κ1) is 25.4. The van der Waals surface area contributed by atoms with Crippen LogP contribution in [-0.2, 0) is 4.79 Å². The van der Waals surface area contributed by atoms with E-state index in [1.54, 1.807) is 26.3 Å². The first-order valence-corrected chi connectivity index (χ1v) is 13.7. The highest BCUT2D eigenvalue weighted by Crippen LogP contribution is 2.31. The van der Waals surface area contributed by atoms with Gasteiger partial charge >= 0.3 is 5.69 Å². The number of nitrogens with two attached hydrogens (primary N) is 1. The quantitative estimate of drug-likeness (QED) is 0.275. The summed E-state index contributed by atoms with van der Waals surface area (Å²) in [5, 5.41) is 9.67. The first-order chi connectivity index (χ1) is 19.5. The summed E-state index contributed by atoms with van der Waals surface area (Å²) in [6.07, 6.45) is 8.04. The van der Waals surface area contributed by atoms with Crippen molar-refractivity contribution in [1.82, 2.24) is 19.0 Å². The third kappa shape index (κ3) is 4.73. The Morgan fingerprint density at radius 3 is 2.48 bits per heavy atom. The zero-order valence-electron chi connectivity index (χ0n) is 22.1. The lowest BCUT2D eigenvalue weighted by Gasteiger charge is -2.33. The number of hydrogen-bond acceptors (Lipinski definition) is 6. The fourth-order valence-electron chi connectivity index (χ4n) is 5.59. The van der Waals surface area contributed by atoms with Crippen LogP contribution in [0.5, 0.6) is 11.5 Å². The van der Waals surface area contributed by atoms with Gasteiger partial charge in [-0.2, -0.15) is 5.26 Å². The van der Waals surface area contributed by atoms with Gasteiger partial charge in [0.05, 0.1) is 17.2 Å². The molecule has 6 rings (SSSR count). The molecule has 9 nitrogen and oxygen atoms in total. The minimum absolute atomic E-state index is 0.200. The molecule has 9 heteroatoms. The van der Waals surface area contributed by atoms with E-state index < -0.39 is 0 Å². The van der Waals surface area contributed by atoms with Crippen LogP contribution < -0.4 is 16.2 Å². The molecule has 2 N–H and O–H groups in total. The number of anilines is 1. The van der Waals surface area contributed by atoms with Gasteiger partial charge < -0.3 is 15.4 Å². The van der Waals surface area contributed by atoms with Gasteiger partial charge in [-0.3, -0.25) is 13.9 Å². The van der Waals surface area contributed by atoms with E-state index in [2.05, 4.69) is 11.1 Å². The number of piperidine rings is 1. The van der Waals surface area contributed by atoms with E-state index in [0.29, 0.717) is 41.5 Å². The normalized spacial score (nSPS) is 17.8. The van der Waals surface area contributed by atoms with E-state index in [1.165, 1.54) is 0 Å². The number of benzene rings is 2. The van der Waals surface area contributed by atoms with E-state index in [0.717, 1.165) is 37.9 Å². The molecule has 1 aliphatic heterocycles. The van der Waals surface area contributed by atoms with Crippen LogP contribution in [0.1, 0.15) is 38.1 Å². The van der Waals surface area contributed by atoms with Crippen LogP contribution in [-0.4, -0.2) is 38.0 Å². The molecule has 40 heavy (non-hydrogen) atoms. The molecule has 1 amide bonds. The van der Waals surface area contributed by atoms with Gasteiger partial charge in [0.15, 0.2) is 0 Å². The number of nitrogens with zero attached hydrogens (tertiary/aromatic N) is 5. The first-order valence-electron chi connectivity index (χ1n) is 13.7. The Kier molecular flexibility index (Phi) is 6.83. The maximum absolute atomic E-state index is 14.0. The van der Waals surface area contributed by atoms with Crippen molar-refractivity contribution in [3.8, 4) is 23.3 Å². The number of pyridine rings is 1. The highest BCUT2D eigenvalue weighted by atomic mass is 16.5. The molecule has 0 bridgehead atoms. The van der Waals surface area contributed by atoms with E-state index in [-0.39, 0.29) is 29.0 Å². The Hall–Kier alpha value is -4.84. The topological polar surface area (TPSA) is 119 Å². The number of rotatable bonds is 6. The second-order valence-corrected chi connectivity index (χ2v) is 10.4. The van der Waals surface area contributed by atoms with E-state index in [4.69, 9.17) is 10.5 Å². The summed E-state index contributed by atoms with van der Waals surface area (Å²) in [4.78, 5) is 33.3. The molecule has 2 aromatic heterocycles. The number of para-hydroxylation sites is 1. The van der Waals surface area contributed by atoms with Crippen molar-refractivity contribution in [1.29, 1.82) is 5.26 Å². The number of imidazole rings is 1. The summed E-state index contributed by atoms with van der Waals surface area (Å²) in [7, 11) is 0. The molecule has 1 aliphatic carbocycles. The average Bonchev–Trinajstić information content (AvgIpc) is 3.26. The monoisotopic (exact) mass is 534 g/mol. The molecule has 1 saturated heterocycles. The Labute approximate surface area is 231 Å². The smallest absolute Gasteiger partial charge is 0.334 e. The van der Waals surface area contributed by atoms with E-state index in [1.807, 2.05) is 60.7 Å². The number of nitrogen functional groups attached to an aromatic ring is 1. The van der Waals surface area contributed by atoms with Gasteiger partial charge in [0, 0.05) is 19.3 Å². The summed E-state index contributed by atoms with van der Waals surface area (Å²) in [5.41, 5.74) is 8.08. The third-order valence-corrected chi connectivity index (χ3v) is 7.84. The largest absolute Gasteiger partial charge is 0.457 e.